The van der Waals surface area contributed by atoms with Crippen LogP contribution in [0.3, 0.4) is 0 Å². The fraction of sp³-hybridized carbons (Fsp3) is 0.300. The summed E-state index contributed by atoms with van der Waals surface area (Å²) in [7, 11) is 0. The number of aryl methyl sites for hydroxylation is 1. The van der Waals surface area contributed by atoms with E-state index in [1.807, 2.05) is 18.2 Å². The Morgan fingerprint density at radius 2 is 2.36 bits per heavy atom. The molecule has 1 heterocycles. The Morgan fingerprint density at radius 3 is 3.14 bits per heavy atom. The predicted molar refractivity (Wildman–Crippen MR) is 58.1 cm³/mol. The van der Waals surface area contributed by atoms with Crippen LogP contribution in [0.25, 0.3) is 0 Å². The molecule has 74 valence electrons. The first-order valence-electron chi connectivity index (χ1n) is 4.46. The summed E-state index contributed by atoms with van der Waals surface area (Å²) in [4.78, 5) is 11.0. The number of carbonyl (C=O) groups is 1. The zero-order chi connectivity index (χ0) is 9.97. The van der Waals surface area contributed by atoms with Gasteiger partial charge in [-0.25, -0.2) is 0 Å². The standard InChI is InChI=1S/C10H11NO2S/c12-10-6-13-9-5-7(3-4-14)1-2-8(9)11-10/h1-2,5,14H,3-4,6H2,(H,11,12). The molecule has 0 unspecified atom stereocenters. The highest BCUT2D eigenvalue weighted by Crippen LogP contribution is 2.28. The number of benzene rings is 1. The van der Waals surface area contributed by atoms with Crippen LogP contribution in [0.5, 0.6) is 5.75 Å². The minimum Gasteiger partial charge on any atom is -0.482 e. The van der Waals surface area contributed by atoms with Crippen molar-refractivity contribution in [1.29, 1.82) is 0 Å². The van der Waals surface area contributed by atoms with Crippen molar-refractivity contribution in [1.82, 2.24) is 0 Å². The zero-order valence-corrected chi connectivity index (χ0v) is 8.51. The Morgan fingerprint density at radius 1 is 1.50 bits per heavy atom. The fourth-order valence-electron chi connectivity index (χ4n) is 1.40. The number of hydrogen-bond acceptors (Lipinski definition) is 3. The van der Waals surface area contributed by atoms with E-state index < -0.39 is 0 Å². The van der Waals surface area contributed by atoms with Crippen LogP contribution < -0.4 is 10.1 Å². The van der Waals surface area contributed by atoms with Crippen molar-refractivity contribution in [3.8, 4) is 5.75 Å². The van der Waals surface area contributed by atoms with E-state index in [4.69, 9.17) is 4.74 Å². The van der Waals surface area contributed by atoms with Crippen LogP contribution in [0.1, 0.15) is 5.56 Å². The normalized spacial score (nSPS) is 14.2. The van der Waals surface area contributed by atoms with E-state index in [0.29, 0.717) is 0 Å². The van der Waals surface area contributed by atoms with Crippen molar-refractivity contribution < 1.29 is 9.53 Å². The molecule has 0 saturated heterocycles. The lowest BCUT2D eigenvalue weighted by Gasteiger charge is -2.18. The van der Waals surface area contributed by atoms with Gasteiger partial charge in [-0.1, -0.05) is 6.07 Å². The van der Waals surface area contributed by atoms with E-state index >= 15 is 0 Å². The highest BCUT2D eigenvalue weighted by atomic mass is 32.1. The van der Waals surface area contributed by atoms with E-state index in [0.717, 1.165) is 23.6 Å². The first-order valence-corrected chi connectivity index (χ1v) is 5.09. The molecule has 14 heavy (non-hydrogen) atoms. The molecule has 1 aromatic carbocycles. The molecule has 0 atom stereocenters. The van der Waals surface area contributed by atoms with Crippen LogP contribution in [-0.2, 0) is 11.2 Å². The third-order valence-electron chi connectivity index (χ3n) is 2.08. The fourth-order valence-corrected chi connectivity index (χ4v) is 1.66. The van der Waals surface area contributed by atoms with Crippen LogP contribution in [0.2, 0.25) is 0 Å². The van der Waals surface area contributed by atoms with Gasteiger partial charge in [-0.05, 0) is 29.9 Å². The summed E-state index contributed by atoms with van der Waals surface area (Å²) in [6, 6.07) is 5.79. The summed E-state index contributed by atoms with van der Waals surface area (Å²) < 4.78 is 5.29. The minimum absolute atomic E-state index is 0.0977. The highest BCUT2D eigenvalue weighted by molar-refractivity contribution is 7.80. The monoisotopic (exact) mass is 209 g/mol. The van der Waals surface area contributed by atoms with Crippen molar-refractivity contribution in [3.63, 3.8) is 0 Å². The number of thiol groups is 1. The van der Waals surface area contributed by atoms with Crippen LogP contribution in [0.4, 0.5) is 5.69 Å². The summed E-state index contributed by atoms with van der Waals surface area (Å²) in [6.45, 7) is 0.108. The molecule has 0 saturated carbocycles. The number of amides is 1. The second kappa shape index (κ2) is 3.92. The summed E-state index contributed by atoms with van der Waals surface area (Å²) in [6.07, 6.45) is 0.910. The molecule has 0 radical (unpaired) electrons. The Balaban J connectivity index is 2.26. The molecule has 2 rings (SSSR count). The molecule has 4 heteroatoms. The van der Waals surface area contributed by atoms with Gasteiger partial charge in [0.05, 0.1) is 5.69 Å². The number of anilines is 1. The molecule has 0 bridgehead atoms. The van der Waals surface area contributed by atoms with Gasteiger partial charge in [-0.3, -0.25) is 4.79 Å². The molecule has 0 spiro atoms. The lowest BCUT2D eigenvalue weighted by atomic mass is 10.1. The second-order valence-electron chi connectivity index (χ2n) is 3.14. The Labute approximate surface area is 87.9 Å². The molecule has 1 aromatic rings. The number of hydrogen-bond donors (Lipinski definition) is 2. The largest absolute Gasteiger partial charge is 0.482 e. The Bertz CT molecular complexity index is 365. The van der Waals surface area contributed by atoms with Crippen LogP contribution in [-0.4, -0.2) is 18.3 Å². The molecule has 1 aliphatic rings. The van der Waals surface area contributed by atoms with Crippen LogP contribution in [0, 0.1) is 0 Å². The molecular formula is C10H11NO2S. The maximum atomic E-state index is 11.0. The molecule has 0 aliphatic carbocycles. The number of rotatable bonds is 2. The predicted octanol–water partition coefficient (Wildman–Crippen LogP) is 1.49. The summed E-state index contributed by atoms with van der Waals surface area (Å²) in [5.41, 5.74) is 1.93. The summed E-state index contributed by atoms with van der Waals surface area (Å²) >= 11 is 4.16. The topological polar surface area (TPSA) is 38.3 Å². The van der Waals surface area contributed by atoms with Gasteiger partial charge in [-0.2, -0.15) is 12.6 Å². The summed E-state index contributed by atoms with van der Waals surface area (Å²) in [5.74, 6) is 1.47. The molecule has 1 N–H and O–H groups in total. The van der Waals surface area contributed by atoms with Gasteiger partial charge < -0.3 is 10.1 Å². The van der Waals surface area contributed by atoms with Gasteiger partial charge in [0, 0.05) is 0 Å². The third-order valence-corrected chi connectivity index (χ3v) is 2.30. The van der Waals surface area contributed by atoms with Gasteiger partial charge in [0.25, 0.3) is 5.91 Å². The maximum absolute atomic E-state index is 11.0. The van der Waals surface area contributed by atoms with Gasteiger partial charge in [0.15, 0.2) is 6.61 Å². The molecule has 1 amide bonds. The number of fused-ring (bicyclic) bond motifs is 1. The highest BCUT2D eigenvalue weighted by Gasteiger charge is 2.15. The smallest absolute Gasteiger partial charge is 0.262 e. The van der Waals surface area contributed by atoms with Crippen LogP contribution >= 0.6 is 12.6 Å². The molecule has 0 aromatic heterocycles. The van der Waals surface area contributed by atoms with Gasteiger partial charge in [0.1, 0.15) is 5.75 Å². The average Bonchev–Trinajstić information content (AvgIpc) is 2.19. The van der Waals surface area contributed by atoms with E-state index in [-0.39, 0.29) is 12.5 Å². The molecular weight excluding hydrogens is 198 g/mol. The Hall–Kier alpha value is -1.16. The number of ether oxygens (including phenoxy) is 1. The minimum atomic E-state index is -0.0977. The first kappa shape index (κ1) is 9.40. The van der Waals surface area contributed by atoms with Crippen molar-refractivity contribution in [3.05, 3.63) is 23.8 Å². The van der Waals surface area contributed by atoms with E-state index in [2.05, 4.69) is 17.9 Å². The van der Waals surface area contributed by atoms with E-state index in [1.54, 1.807) is 0 Å². The molecule has 0 fully saturated rings. The number of carbonyl (C=O) groups excluding carboxylic acids is 1. The number of nitrogens with one attached hydrogen (secondary N) is 1. The van der Waals surface area contributed by atoms with Gasteiger partial charge in [-0.15, -0.1) is 0 Å². The first-order chi connectivity index (χ1) is 6.79. The van der Waals surface area contributed by atoms with E-state index in [9.17, 15) is 4.79 Å². The van der Waals surface area contributed by atoms with Crippen molar-refractivity contribution in [2.24, 2.45) is 0 Å². The summed E-state index contributed by atoms with van der Waals surface area (Å²) in [5, 5.41) is 2.75. The Kier molecular flexibility index (Phi) is 2.63. The molecule has 1 aliphatic heterocycles. The van der Waals surface area contributed by atoms with Gasteiger partial charge >= 0.3 is 0 Å². The zero-order valence-electron chi connectivity index (χ0n) is 7.62. The quantitative estimate of drug-likeness (QED) is 0.724. The maximum Gasteiger partial charge on any atom is 0.262 e. The SMILES string of the molecule is O=C1COc2cc(CCS)ccc2N1. The third kappa shape index (κ3) is 1.85. The second-order valence-corrected chi connectivity index (χ2v) is 3.59. The lowest BCUT2D eigenvalue weighted by Crippen LogP contribution is -2.25. The van der Waals surface area contributed by atoms with Crippen molar-refractivity contribution in [2.45, 2.75) is 6.42 Å². The van der Waals surface area contributed by atoms with Crippen molar-refractivity contribution in [2.75, 3.05) is 17.7 Å². The van der Waals surface area contributed by atoms with E-state index in [1.165, 1.54) is 5.56 Å². The average molecular weight is 209 g/mol. The van der Waals surface area contributed by atoms with Crippen molar-refractivity contribution >= 4 is 24.2 Å². The van der Waals surface area contributed by atoms with Crippen LogP contribution in [0.15, 0.2) is 18.2 Å². The molecule has 3 nitrogen and oxygen atoms in total. The lowest BCUT2D eigenvalue weighted by molar-refractivity contribution is -0.118. The van der Waals surface area contributed by atoms with Gasteiger partial charge in [0.2, 0.25) is 0 Å².